The topological polar surface area (TPSA) is 17.1 Å². The number of aldehydes is 1. The SMILES string of the molecule is C=CC(C)CC/C=C(/C)CCC=O. The second kappa shape index (κ2) is 7.78. The minimum Gasteiger partial charge on any atom is -0.303 e. The van der Waals surface area contributed by atoms with E-state index in [4.69, 9.17) is 0 Å². The maximum Gasteiger partial charge on any atom is 0.120 e. The lowest BCUT2D eigenvalue weighted by Gasteiger charge is -2.02. The molecule has 0 aliphatic rings. The van der Waals surface area contributed by atoms with Crippen molar-refractivity contribution in [1.82, 2.24) is 0 Å². The Morgan fingerprint density at radius 2 is 2.15 bits per heavy atom. The van der Waals surface area contributed by atoms with Gasteiger partial charge in [-0.15, -0.1) is 6.58 Å². The van der Waals surface area contributed by atoms with Crippen LogP contribution < -0.4 is 0 Å². The van der Waals surface area contributed by atoms with Crippen molar-refractivity contribution in [3.63, 3.8) is 0 Å². The van der Waals surface area contributed by atoms with Crippen molar-refractivity contribution < 1.29 is 4.79 Å². The summed E-state index contributed by atoms with van der Waals surface area (Å²) in [6, 6.07) is 0. The van der Waals surface area contributed by atoms with E-state index in [1.54, 1.807) is 0 Å². The van der Waals surface area contributed by atoms with E-state index in [9.17, 15) is 4.79 Å². The summed E-state index contributed by atoms with van der Waals surface area (Å²) in [5, 5.41) is 0. The smallest absolute Gasteiger partial charge is 0.120 e. The normalized spacial score (nSPS) is 13.8. The molecule has 1 unspecified atom stereocenters. The number of carbonyl (C=O) groups excluding carboxylic acids is 1. The van der Waals surface area contributed by atoms with Gasteiger partial charge in [0.05, 0.1) is 0 Å². The summed E-state index contributed by atoms with van der Waals surface area (Å²) < 4.78 is 0. The van der Waals surface area contributed by atoms with E-state index in [-0.39, 0.29) is 0 Å². The van der Waals surface area contributed by atoms with Crippen LogP contribution in [0.3, 0.4) is 0 Å². The van der Waals surface area contributed by atoms with Crippen LogP contribution in [0.5, 0.6) is 0 Å². The molecule has 0 radical (unpaired) electrons. The van der Waals surface area contributed by atoms with Gasteiger partial charge in [0.1, 0.15) is 6.29 Å². The Balaban J connectivity index is 3.57. The molecule has 1 heteroatoms. The zero-order chi connectivity index (χ0) is 10.1. The highest BCUT2D eigenvalue weighted by molar-refractivity contribution is 5.49. The van der Waals surface area contributed by atoms with Crippen molar-refractivity contribution in [2.45, 2.75) is 39.5 Å². The molecule has 1 atom stereocenters. The van der Waals surface area contributed by atoms with Gasteiger partial charge in [-0.2, -0.15) is 0 Å². The van der Waals surface area contributed by atoms with E-state index in [0.29, 0.717) is 12.3 Å². The molecule has 74 valence electrons. The van der Waals surface area contributed by atoms with Gasteiger partial charge in [0.15, 0.2) is 0 Å². The van der Waals surface area contributed by atoms with Gasteiger partial charge < -0.3 is 4.79 Å². The Morgan fingerprint density at radius 3 is 2.69 bits per heavy atom. The van der Waals surface area contributed by atoms with Crippen LogP contribution in [0.4, 0.5) is 0 Å². The molecule has 0 bridgehead atoms. The molecule has 0 aromatic carbocycles. The van der Waals surface area contributed by atoms with E-state index >= 15 is 0 Å². The molecule has 0 amide bonds. The van der Waals surface area contributed by atoms with Crippen molar-refractivity contribution in [3.8, 4) is 0 Å². The van der Waals surface area contributed by atoms with E-state index in [1.807, 2.05) is 6.08 Å². The maximum atomic E-state index is 10.1. The zero-order valence-electron chi connectivity index (χ0n) is 8.75. The molecule has 0 aromatic heterocycles. The third-order valence-corrected chi connectivity index (χ3v) is 2.17. The Labute approximate surface area is 81.5 Å². The summed E-state index contributed by atoms with van der Waals surface area (Å²) in [5.74, 6) is 0.593. The summed E-state index contributed by atoms with van der Waals surface area (Å²) in [5.41, 5.74) is 1.32. The predicted octanol–water partition coefficient (Wildman–Crippen LogP) is 3.51. The van der Waals surface area contributed by atoms with Gasteiger partial charge in [0.25, 0.3) is 0 Å². The molecule has 0 rings (SSSR count). The Kier molecular flexibility index (Phi) is 7.27. The Morgan fingerprint density at radius 1 is 1.46 bits per heavy atom. The van der Waals surface area contributed by atoms with Crippen molar-refractivity contribution in [2.75, 3.05) is 0 Å². The molecule has 0 aromatic rings. The van der Waals surface area contributed by atoms with E-state index in [1.165, 1.54) is 5.57 Å². The first-order valence-corrected chi connectivity index (χ1v) is 4.92. The monoisotopic (exact) mass is 180 g/mol. The van der Waals surface area contributed by atoms with E-state index in [2.05, 4.69) is 26.5 Å². The molecule has 13 heavy (non-hydrogen) atoms. The minimum absolute atomic E-state index is 0.593. The number of rotatable bonds is 7. The maximum absolute atomic E-state index is 10.1. The highest BCUT2D eigenvalue weighted by Crippen LogP contribution is 2.10. The van der Waals surface area contributed by atoms with Crippen LogP contribution in [0, 0.1) is 5.92 Å². The lowest BCUT2D eigenvalue weighted by Crippen LogP contribution is -1.87. The first kappa shape index (κ1) is 12.2. The average molecular weight is 180 g/mol. The standard InChI is InChI=1S/C12H20O/c1-4-11(2)7-5-8-12(3)9-6-10-13/h4,8,10-11H,1,5-7,9H2,2-3H3/b12-8-. The second-order valence-corrected chi connectivity index (χ2v) is 3.55. The van der Waals surface area contributed by atoms with Gasteiger partial charge in [-0.25, -0.2) is 0 Å². The molecule has 0 saturated carbocycles. The van der Waals surface area contributed by atoms with Crippen LogP contribution >= 0.6 is 0 Å². The zero-order valence-corrected chi connectivity index (χ0v) is 8.75. The Bertz CT molecular complexity index is 180. The molecular weight excluding hydrogens is 160 g/mol. The van der Waals surface area contributed by atoms with E-state index in [0.717, 1.165) is 25.5 Å². The van der Waals surface area contributed by atoms with Crippen LogP contribution in [-0.4, -0.2) is 6.29 Å². The first-order chi connectivity index (χ1) is 6.20. The predicted molar refractivity (Wildman–Crippen MR) is 57.7 cm³/mol. The first-order valence-electron chi connectivity index (χ1n) is 4.92. The largest absolute Gasteiger partial charge is 0.303 e. The number of hydrogen-bond donors (Lipinski definition) is 0. The fraction of sp³-hybridized carbons (Fsp3) is 0.583. The lowest BCUT2D eigenvalue weighted by atomic mass is 10.0. The second-order valence-electron chi connectivity index (χ2n) is 3.55. The molecule has 0 N–H and O–H groups in total. The average Bonchev–Trinajstić information content (AvgIpc) is 2.14. The van der Waals surface area contributed by atoms with Crippen molar-refractivity contribution in [1.29, 1.82) is 0 Å². The number of carbonyl (C=O) groups is 1. The minimum atomic E-state index is 0.593. The molecule has 0 aliphatic carbocycles. The van der Waals surface area contributed by atoms with Crippen LogP contribution in [0.15, 0.2) is 24.3 Å². The van der Waals surface area contributed by atoms with Crippen LogP contribution in [0.2, 0.25) is 0 Å². The van der Waals surface area contributed by atoms with Crippen molar-refractivity contribution in [2.24, 2.45) is 5.92 Å². The van der Waals surface area contributed by atoms with E-state index < -0.39 is 0 Å². The molecule has 1 nitrogen and oxygen atoms in total. The third kappa shape index (κ3) is 7.51. The quantitative estimate of drug-likeness (QED) is 0.433. The molecule has 0 aliphatic heterocycles. The fourth-order valence-corrected chi connectivity index (χ4v) is 1.10. The molecule has 0 heterocycles. The van der Waals surface area contributed by atoms with Crippen LogP contribution in [-0.2, 0) is 4.79 Å². The lowest BCUT2D eigenvalue weighted by molar-refractivity contribution is -0.107. The summed E-state index contributed by atoms with van der Waals surface area (Å²) in [6.07, 6.45) is 8.99. The fourth-order valence-electron chi connectivity index (χ4n) is 1.10. The molecular formula is C12H20O. The molecule has 0 fully saturated rings. The number of allylic oxidation sites excluding steroid dienone is 3. The molecule has 0 saturated heterocycles. The van der Waals surface area contributed by atoms with Crippen molar-refractivity contribution >= 4 is 6.29 Å². The number of hydrogen-bond acceptors (Lipinski definition) is 1. The van der Waals surface area contributed by atoms with Crippen LogP contribution in [0.1, 0.15) is 39.5 Å². The highest BCUT2D eigenvalue weighted by Gasteiger charge is 1.94. The van der Waals surface area contributed by atoms with Gasteiger partial charge in [-0.1, -0.05) is 24.6 Å². The van der Waals surface area contributed by atoms with Crippen molar-refractivity contribution in [3.05, 3.63) is 24.3 Å². The summed E-state index contributed by atoms with van der Waals surface area (Å²) >= 11 is 0. The van der Waals surface area contributed by atoms with Gasteiger partial charge in [-0.3, -0.25) is 0 Å². The summed E-state index contributed by atoms with van der Waals surface area (Å²) in [4.78, 5) is 10.1. The molecule has 0 spiro atoms. The third-order valence-electron chi connectivity index (χ3n) is 2.17. The highest BCUT2D eigenvalue weighted by atomic mass is 16.1. The van der Waals surface area contributed by atoms with Crippen LogP contribution in [0.25, 0.3) is 0 Å². The summed E-state index contributed by atoms with van der Waals surface area (Å²) in [6.45, 7) is 7.99. The Hall–Kier alpha value is -0.850. The summed E-state index contributed by atoms with van der Waals surface area (Å²) in [7, 11) is 0. The van der Waals surface area contributed by atoms with Gasteiger partial charge in [-0.05, 0) is 32.1 Å². The van der Waals surface area contributed by atoms with Gasteiger partial charge >= 0.3 is 0 Å². The van der Waals surface area contributed by atoms with Gasteiger partial charge in [0.2, 0.25) is 0 Å². The van der Waals surface area contributed by atoms with Gasteiger partial charge in [0, 0.05) is 6.42 Å².